The highest BCUT2D eigenvalue weighted by atomic mass is 19.2. The molecule has 1 saturated heterocycles. The zero-order valence-electron chi connectivity index (χ0n) is 17.7. The third-order valence-corrected chi connectivity index (χ3v) is 5.29. The molecule has 1 aromatic carbocycles. The van der Waals surface area contributed by atoms with Crippen LogP contribution in [0.3, 0.4) is 0 Å². The van der Waals surface area contributed by atoms with Crippen LogP contribution in [0.1, 0.15) is 45.1 Å². The van der Waals surface area contributed by atoms with Gasteiger partial charge < -0.3 is 21.7 Å². The third-order valence-electron chi connectivity index (χ3n) is 5.29. The van der Waals surface area contributed by atoms with Crippen LogP contribution in [-0.4, -0.2) is 47.3 Å². The summed E-state index contributed by atoms with van der Waals surface area (Å²) in [7, 11) is 0. The maximum Gasteiger partial charge on any atom is 0.240 e. The molecule has 0 radical (unpaired) electrons. The molecule has 1 aliphatic rings. The Morgan fingerprint density at radius 2 is 1.81 bits per heavy atom. The number of hydrogen-bond donors (Lipinski definition) is 3. The summed E-state index contributed by atoms with van der Waals surface area (Å²) in [5.41, 5.74) is 11.1. The first-order valence-corrected chi connectivity index (χ1v) is 10.3. The molecule has 0 aliphatic carbocycles. The van der Waals surface area contributed by atoms with Gasteiger partial charge in [0.1, 0.15) is 11.9 Å². The Balaban J connectivity index is 2.21. The molecule has 0 spiro atoms. The van der Waals surface area contributed by atoms with Gasteiger partial charge in [-0.3, -0.25) is 14.4 Å². The van der Waals surface area contributed by atoms with E-state index < -0.39 is 53.3 Å². The summed E-state index contributed by atoms with van der Waals surface area (Å²) in [6.45, 7) is 4.11. The van der Waals surface area contributed by atoms with E-state index in [4.69, 9.17) is 11.5 Å². The van der Waals surface area contributed by atoms with Crippen LogP contribution < -0.4 is 16.8 Å². The van der Waals surface area contributed by atoms with Gasteiger partial charge >= 0.3 is 0 Å². The Labute approximate surface area is 179 Å². The Hall–Kier alpha value is -2.62. The van der Waals surface area contributed by atoms with Crippen molar-refractivity contribution in [2.75, 3.05) is 6.54 Å². The number of benzene rings is 1. The maximum atomic E-state index is 14.2. The lowest BCUT2D eigenvalue weighted by Crippen LogP contribution is -2.50. The summed E-state index contributed by atoms with van der Waals surface area (Å²) in [4.78, 5) is 38.2. The van der Waals surface area contributed by atoms with E-state index in [1.807, 2.05) is 13.8 Å². The predicted octanol–water partition coefficient (Wildman–Crippen LogP) is 1.37. The van der Waals surface area contributed by atoms with Crippen LogP contribution in [0.5, 0.6) is 0 Å². The molecule has 2 rings (SSSR count). The quantitative estimate of drug-likeness (QED) is 0.501. The average molecular weight is 442 g/mol. The molecule has 10 heteroatoms. The van der Waals surface area contributed by atoms with Crippen molar-refractivity contribution in [3.05, 3.63) is 35.1 Å². The Morgan fingerprint density at radius 3 is 2.42 bits per heavy atom. The fraction of sp³-hybridized carbons (Fsp3) is 0.571. The summed E-state index contributed by atoms with van der Waals surface area (Å²) >= 11 is 0. The summed E-state index contributed by atoms with van der Waals surface area (Å²) in [6, 6.07) is -1.42. The third kappa shape index (κ3) is 6.68. The molecule has 1 aromatic rings. The number of halogens is 3. The first-order valence-electron chi connectivity index (χ1n) is 10.3. The van der Waals surface area contributed by atoms with Crippen molar-refractivity contribution in [1.82, 2.24) is 10.2 Å². The number of hydrogen-bond acceptors (Lipinski definition) is 4. The van der Waals surface area contributed by atoms with E-state index >= 15 is 0 Å². The van der Waals surface area contributed by atoms with Gasteiger partial charge in [0.25, 0.3) is 0 Å². The number of rotatable bonds is 9. The Morgan fingerprint density at radius 1 is 1.16 bits per heavy atom. The average Bonchev–Trinajstić information content (AvgIpc) is 3.15. The highest BCUT2D eigenvalue weighted by Crippen LogP contribution is 2.21. The Bertz CT molecular complexity index is 834. The summed E-state index contributed by atoms with van der Waals surface area (Å²) < 4.78 is 41.0. The van der Waals surface area contributed by atoms with Gasteiger partial charge in [-0.2, -0.15) is 0 Å². The van der Waals surface area contributed by atoms with E-state index in [9.17, 15) is 27.6 Å². The van der Waals surface area contributed by atoms with E-state index in [0.717, 1.165) is 0 Å². The summed E-state index contributed by atoms with van der Waals surface area (Å²) in [5, 5.41) is 2.62. The van der Waals surface area contributed by atoms with Gasteiger partial charge in [-0.25, -0.2) is 13.2 Å². The minimum Gasteiger partial charge on any atom is -0.368 e. The molecule has 0 aromatic heterocycles. The number of carbonyl (C=O) groups excluding carboxylic acids is 3. The van der Waals surface area contributed by atoms with Gasteiger partial charge in [-0.05, 0) is 43.2 Å². The number of nitrogens with zero attached hydrogens (tertiary/aromatic N) is 1. The standard InChI is InChI=1S/C21H29F3N4O3/c1-11(2)6-17(25)21(31)27-13(7-12-8-15(23)16(24)10-14(12)22)9-19(29)28-5-3-4-18(28)20(26)30/h8,10-11,13,17-18H,3-7,9,25H2,1-2H3,(H2,26,30)(H,27,31)/t13-,17?,18?/m1/s1. The molecule has 0 saturated carbocycles. The molecular weight excluding hydrogens is 413 g/mol. The normalized spacial score (nSPS) is 18.2. The molecule has 7 nitrogen and oxygen atoms in total. The van der Waals surface area contributed by atoms with Crippen molar-refractivity contribution in [2.24, 2.45) is 17.4 Å². The van der Waals surface area contributed by atoms with E-state index in [1.54, 1.807) is 0 Å². The molecule has 1 heterocycles. The van der Waals surface area contributed by atoms with Crippen molar-refractivity contribution >= 4 is 17.7 Å². The van der Waals surface area contributed by atoms with E-state index in [-0.39, 0.29) is 24.3 Å². The second-order valence-electron chi connectivity index (χ2n) is 8.36. The fourth-order valence-corrected chi connectivity index (χ4v) is 3.77. The summed E-state index contributed by atoms with van der Waals surface area (Å²) in [6.07, 6.45) is 0.900. The van der Waals surface area contributed by atoms with E-state index in [2.05, 4.69) is 5.32 Å². The van der Waals surface area contributed by atoms with Crippen LogP contribution in [-0.2, 0) is 20.8 Å². The minimum absolute atomic E-state index is 0.144. The molecule has 3 amide bonds. The lowest BCUT2D eigenvalue weighted by Gasteiger charge is -2.26. The largest absolute Gasteiger partial charge is 0.368 e. The monoisotopic (exact) mass is 442 g/mol. The molecule has 5 N–H and O–H groups in total. The van der Waals surface area contributed by atoms with Gasteiger partial charge in [0, 0.05) is 25.1 Å². The van der Waals surface area contributed by atoms with Crippen LogP contribution in [0.15, 0.2) is 12.1 Å². The van der Waals surface area contributed by atoms with E-state index in [0.29, 0.717) is 37.9 Å². The van der Waals surface area contributed by atoms with Gasteiger partial charge in [0.05, 0.1) is 6.04 Å². The zero-order chi connectivity index (χ0) is 23.3. The number of primary amides is 1. The van der Waals surface area contributed by atoms with Crippen molar-refractivity contribution in [2.45, 2.75) is 64.1 Å². The molecule has 0 bridgehead atoms. The highest BCUT2D eigenvalue weighted by Gasteiger charge is 2.34. The second-order valence-corrected chi connectivity index (χ2v) is 8.36. The van der Waals surface area contributed by atoms with Crippen molar-refractivity contribution in [1.29, 1.82) is 0 Å². The number of carbonyl (C=O) groups is 3. The van der Waals surface area contributed by atoms with Crippen LogP contribution in [0, 0.1) is 23.4 Å². The molecule has 3 atom stereocenters. The smallest absolute Gasteiger partial charge is 0.240 e. The van der Waals surface area contributed by atoms with E-state index in [1.165, 1.54) is 4.90 Å². The highest BCUT2D eigenvalue weighted by molar-refractivity contribution is 5.88. The number of likely N-dealkylation sites (tertiary alicyclic amines) is 1. The minimum atomic E-state index is -1.33. The van der Waals surface area contributed by atoms with Gasteiger partial charge in [-0.1, -0.05) is 13.8 Å². The van der Waals surface area contributed by atoms with Gasteiger partial charge in [-0.15, -0.1) is 0 Å². The number of nitrogens with one attached hydrogen (secondary N) is 1. The van der Waals surface area contributed by atoms with Crippen molar-refractivity contribution < 1.29 is 27.6 Å². The topological polar surface area (TPSA) is 119 Å². The first kappa shape index (κ1) is 24.6. The summed E-state index contributed by atoms with van der Waals surface area (Å²) in [5.74, 6) is -5.04. The SMILES string of the molecule is CC(C)CC(N)C(=O)N[C@@H](CC(=O)N1CCCC1C(N)=O)Cc1cc(F)c(F)cc1F. The van der Waals surface area contributed by atoms with Crippen LogP contribution in [0.4, 0.5) is 13.2 Å². The Kier molecular flexibility index (Phi) is 8.43. The second kappa shape index (κ2) is 10.6. The lowest BCUT2D eigenvalue weighted by atomic mass is 9.99. The maximum absolute atomic E-state index is 14.2. The molecular formula is C21H29F3N4O3. The molecule has 2 unspecified atom stereocenters. The van der Waals surface area contributed by atoms with Gasteiger partial charge in [0.15, 0.2) is 11.6 Å². The van der Waals surface area contributed by atoms with Crippen LogP contribution in [0.25, 0.3) is 0 Å². The molecule has 1 aliphatic heterocycles. The predicted molar refractivity (Wildman–Crippen MR) is 108 cm³/mol. The molecule has 1 fully saturated rings. The molecule has 172 valence electrons. The van der Waals surface area contributed by atoms with Crippen molar-refractivity contribution in [3.63, 3.8) is 0 Å². The van der Waals surface area contributed by atoms with Gasteiger partial charge in [0.2, 0.25) is 17.7 Å². The van der Waals surface area contributed by atoms with Crippen LogP contribution >= 0.6 is 0 Å². The first-order chi connectivity index (χ1) is 14.5. The fourth-order valence-electron chi connectivity index (χ4n) is 3.77. The zero-order valence-corrected chi connectivity index (χ0v) is 17.7. The number of nitrogens with two attached hydrogens (primary N) is 2. The molecule has 31 heavy (non-hydrogen) atoms. The lowest BCUT2D eigenvalue weighted by molar-refractivity contribution is -0.138. The van der Waals surface area contributed by atoms with Crippen LogP contribution in [0.2, 0.25) is 0 Å². The van der Waals surface area contributed by atoms with Crippen molar-refractivity contribution in [3.8, 4) is 0 Å². The number of amides is 3.